The highest BCUT2D eigenvalue weighted by Crippen LogP contribution is 2.33. The molecule has 1 fully saturated rings. The van der Waals surface area contributed by atoms with E-state index < -0.39 is 17.6 Å². The molecule has 3 aromatic rings. The summed E-state index contributed by atoms with van der Waals surface area (Å²) in [5, 5.41) is 0. The number of rotatable bonds is 8. The van der Waals surface area contributed by atoms with Gasteiger partial charge in [0.05, 0.1) is 36.6 Å². The lowest BCUT2D eigenvalue weighted by Crippen LogP contribution is -2.32. The third kappa shape index (κ3) is 6.14. The molecule has 178 valence electrons. The van der Waals surface area contributed by atoms with Crippen molar-refractivity contribution >= 4 is 5.91 Å². The Bertz CT molecular complexity index is 1100. The molecular weight excluding hydrogens is 445 g/mol. The first-order valence-electron chi connectivity index (χ1n) is 11.0. The van der Waals surface area contributed by atoms with Crippen LogP contribution < -0.4 is 4.74 Å². The van der Waals surface area contributed by atoms with E-state index in [1.54, 1.807) is 24.4 Å². The molecule has 2 heterocycles. The van der Waals surface area contributed by atoms with Crippen LogP contribution in [-0.2, 0) is 24.0 Å². The number of aromatic nitrogens is 1. The van der Waals surface area contributed by atoms with Crippen molar-refractivity contribution in [1.29, 1.82) is 0 Å². The zero-order valence-electron chi connectivity index (χ0n) is 18.5. The summed E-state index contributed by atoms with van der Waals surface area (Å²) >= 11 is 0. The summed E-state index contributed by atoms with van der Waals surface area (Å²) in [6, 6.07) is 17.4. The smallest absolute Gasteiger partial charge is 0.417 e. The van der Waals surface area contributed by atoms with Gasteiger partial charge in [-0.1, -0.05) is 30.3 Å². The average molecular weight is 470 g/mol. The van der Waals surface area contributed by atoms with Crippen LogP contribution in [0.1, 0.15) is 33.6 Å². The van der Waals surface area contributed by atoms with Crippen molar-refractivity contribution in [2.24, 2.45) is 5.92 Å². The zero-order chi connectivity index (χ0) is 24.0. The number of benzene rings is 2. The van der Waals surface area contributed by atoms with Crippen LogP contribution in [0.3, 0.4) is 0 Å². The standard InChI is InChI=1S/C26H25F3N2O3/c27-26(28,29)24-10-2-1-9-23(24)25(32)31(16-21-7-3-4-12-30-21)15-19-6-5-8-22(14-19)34-18-20-11-13-33-17-20/h1-10,12,14,20H,11,13,15-18H2/t20-/m1/s1. The first-order chi connectivity index (χ1) is 16.4. The van der Waals surface area contributed by atoms with Crippen molar-refractivity contribution in [1.82, 2.24) is 9.88 Å². The number of alkyl halides is 3. The second-order valence-electron chi connectivity index (χ2n) is 8.21. The van der Waals surface area contributed by atoms with Crippen molar-refractivity contribution in [2.75, 3.05) is 19.8 Å². The van der Waals surface area contributed by atoms with E-state index in [-0.39, 0.29) is 18.7 Å². The van der Waals surface area contributed by atoms with E-state index in [9.17, 15) is 18.0 Å². The summed E-state index contributed by atoms with van der Waals surface area (Å²) < 4.78 is 52.0. The summed E-state index contributed by atoms with van der Waals surface area (Å²) in [6.07, 6.45) is -2.10. The molecule has 0 N–H and O–H groups in total. The fourth-order valence-electron chi connectivity index (χ4n) is 3.86. The Morgan fingerprint density at radius 3 is 2.62 bits per heavy atom. The van der Waals surface area contributed by atoms with Gasteiger partial charge in [-0.25, -0.2) is 0 Å². The van der Waals surface area contributed by atoms with Crippen molar-refractivity contribution < 1.29 is 27.4 Å². The third-order valence-corrected chi connectivity index (χ3v) is 5.61. The van der Waals surface area contributed by atoms with Gasteiger partial charge in [-0.3, -0.25) is 9.78 Å². The number of hydrogen-bond donors (Lipinski definition) is 0. The predicted octanol–water partition coefficient (Wildman–Crippen LogP) is 5.36. The number of nitrogens with zero attached hydrogens (tertiary/aromatic N) is 2. The molecule has 0 unspecified atom stereocenters. The molecule has 8 heteroatoms. The molecule has 0 bridgehead atoms. The lowest BCUT2D eigenvalue weighted by molar-refractivity contribution is -0.138. The van der Waals surface area contributed by atoms with E-state index in [0.717, 1.165) is 24.7 Å². The molecule has 1 saturated heterocycles. The molecule has 0 saturated carbocycles. The highest BCUT2D eigenvalue weighted by Gasteiger charge is 2.36. The van der Waals surface area contributed by atoms with E-state index in [0.29, 0.717) is 30.6 Å². The number of carbonyl (C=O) groups excluding carboxylic acids is 1. The first kappa shape index (κ1) is 23.8. The maximum absolute atomic E-state index is 13.6. The van der Waals surface area contributed by atoms with Crippen molar-refractivity contribution in [3.63, 3.8) is 0 Å². The zero-order valence-corrected chi connectivity index (χ0v) is 18.5. The Kier molecular flexibility index (Phi) is 7.47. The highest BCUT2D eigenvalue weighted by atomic mass is 19.4. The molecule has 4 rings (SSSR count). The SMILES string of the molecule is O=C(c1ccccc1C(F)(F)F)N(Cc1cccc(OC[C@@H]2CCOC2)c1)Cc1ccccn1. The Morgan fingerprint density at radius 2 is 1.88 bits per heavy atom. The largest absolute Gasteiger partial charge is 0.493 e. The van der Waals surface area contributed by atoms with Gasteiger partial charge in [0.25, 0.3) is 5.91 Å². The normalized spacial score (nSPS) is 15.8. The van der Waals surface area contributed by atoms with Gasteiger partial charge in [0, 0.05) is 25.3 Å². The second kappa shape index (κ2) is 10.7. The van der Waals surface area contributed by atoms with Crippen molar-refractivity contribution in [3.8, 4) is 5.75 Å². The van der Waals surface area contributed by atoms with E-state index >= 15 is 0 Å². The van der Waals surface area contributed by atoms with Gasteiger partial charge in [-0.15, -0.1) is 0 Å². The van der Waals surface area contributed by atoms with Crippen molar-refractivity contribution in [3.05, 3.63) is 95.3 Å². The Hall–Kier alpha value is -3.39. The van der Waals surface area contributed by atoms with Gasteiger partial charge < -0.3 is 14.4 Å². The van der Waals surface area contributed by atoms with Crippen LogP contribution in [0.5, 0.6) is 5.75 Å². The van der Waals surface area contributed by atoms with Crippen LogP contribution in [-0.4, -0.2) is 35.6 Å². The fraction of sp³-hybridized carbons (Fsp3) is 0.308. The molecule has 1 atom stereocenters. The molecule has 0 spiro atoms. The molecule has 2 aromatic carbocycles. The van der Waals surface area contributed by atoms with E-state index in [1.807, 2.05) is 24.3 Å². The molecule has 34 heavy (non-hydrogen) atoms. The fourth-order valence-corrected chi connectivity index (χ4v) is 3.86. The van der Waals surface area contributed by atoms with Crippen LogP contribution >= 0.6 is 0 Å². The third-order valence-electron chi connectivity index (χ3n) is 5.61. The van der Waals surface area contributed by atoms with Gasteiger partial charge in [0.2, 0.25) is 0 Å². The number of ether oxygens (including phenoxy) is 2. The van der Waals surface area contributed by atoms with Gasteiger partial charge in [0.15, 0.2) is 0 Å². The topological polar surface area (TPSA) is 51.7 Å². The Labute approximate surface area is 196 Å². The van der Waals surface area contributed by atoms with Crippen LogP contribution in [0.25, 0.3) is 0 Å². The lowest BCUT2D eigenvalue weighted by Gasteiger charge is -2.24. The molecule has 1 aromatic heterocycles. The summed E-state index contributed by atoms with van der Waals surface area (Å²) in [5.41, 5.74) is -0.0237. The summed E-state index contributed by atoms with van der Waals surface area (Å²) in [6.45, 7) is 2.10. The summed E-state index contributed by atoms with van der Waals surface area (Å²) in [5.74, 6) is 0.267. The minimum absolute atomic E-state index is 0.0658. The van der Waals surface area contributed by atoms with Gasteiger partial charge in [-0.05, 0) is 48.4 Å². The monoisotopic (exact) mass is 470 g/mol. The maximum Gasteiger partial charge on any atom is 0.417 e. The minimum atomic E-state index is -4.64. The minimum Gasteiger partial charge on any atom is -0.493 e. The molecule has 0 radical (unpaired) electrons. The first-order valence-corrected chi connectivity index (χ1v) is 11.0. The van der Waals surface area contributed by atoms with Crippen molar-refractivity contribution in [2.45, 2.75) is 25.7 Å². The number of pyridine rings is 1. The molecule has 1 amide bonds. The highest BCUT2D eigenvalue weighted by molar-refractivity contribution is 5.95. The molecule has 5 nitrogen and oxygen atoms in total. The van der Waals surface area contributed by atoms with Gasteiger partial charge >= 0.3 is 6.18 Å². The van der Waals surface area contributed by atoms with Crippen LogP contribution in [0.4, 0.5) is 13.2 Å². The molecule has 0 aliphatic carbocycles. The predicted molar refractivity (Wildman–Crippen MR) is 120 cm³/mol. The van der Waals surface area contributed by atoms with Crippen LogP contribution in [0.15, 0.2) is 72.9 Å². The Balaban J connectivity index is 1.57. The van der Waals surface area contributed by atoms with E-state index in [1.165, 1.54) is 23.1 Å². The molecule has 1 aliphatic rings. The number of halogens is 3. The van der Waals surface area contributed by atoms with Crippen LogP contribution in [0.2, 0.25) is 0 Å². The molecular formula is C26H25F3N2O3. The number of hydrogen-bond acceptors (Lipinski definition) is 4. The van der Waals surface area contributed by atoms with Crippen LogP contribution in [0, 0.1) is 5.92 Å². The summed E-state index contributed by atoms with van der Waals surface area (Å²) in [7, 11) is 0. The maximum atomic E-state index is 13.6. The second-order valence-corrected chi connectivity index (χ2v) is 8.21. The summed E-state index contributed by atoms with van der Waals surface area (Å²) in [4.78, 5) is 19.0. The number of amides is 1. The van der Waals surface area contributed by atoms with E-state index in [2.05, 4.69) is 4.98 Å². The van der Waals surface area contributed by atoms with Gasteiger partial charge in [0.1, 0.15) is 5.75 Å². The molecule has 1 aliphatic heterocycles. The number of carbonyl (C=O) groups is 1. The average Bonchev–Trinajstić information content (AvgIpc) is 3.36. The van der Waals surface area contributed by atoms with E-state index in [4.69, 9.17) is 9.47 Å². The lowest BCUT2D eigenvalue weighted by atomic mass is 10.0. The quantitative estimate of drug-likeness (QED) is 0.445. The Morgan fingerprint density at radius 1 is 1.06 bits per heavy atom. The van der Waals surface area contributed by atoms with Gasteiger partial charge in [-0.2, -0.15) is 13.2 Å².